The van der Waals surface area contributed by atoms with Gasteiger partial charge in [0.1, 0.15) is 5.75 Å². The Kier molecular flexibility index (Phi) is 7.13. The topological polar surface area (TPSA) is 47.6 Å². The third kappa shape index (κ3) is 5.39. The van der Waals surface area contributed by atoms with E-state index in [1.165, 1.54) is 24.9 Å². The van der Waals surface area contributed by atoms with E-state index < -0.39 is 5.82 Å². The van der Waals surface area contributed by atoms with Crippen LogP contribution in [0, 0.1) is 5.82 Å². The van der Waals surface area contributed by atoms with E-state index in [4.69, 9.17) is 9.47 Å². The Labute approximate surface area is 151 Å². The summed E-state index contributed by atoms with van der Waals surface area (Å²) in [7, 11) is 3.04. The highest BCUT2D eigenvalue weighted by Crippen LogP contribution is 2.23. The molecule has 1 atom stereocenters. The molecule has 0 unspecified atom stereocenters. The van der Waals surface area contributed by atoms with E-state index >= 15 is 0 Å². The minimum absolute atomic E-state index is 0.0649. The molecular formula is C19H22FNO3S. The summed E-state index contributed by atoms with van der Waals surface area (Å²) in [4.78, 5) is 12.2. The van der Waals surface area contributed by atoms with E-state index in [9.17, 15) is 9.18 Å². The Morgan fingerprint density at radius 2 is 1.88 bits per heavy atom. The van der Waals surface area contributed by atoms with Crippen LogP contribution < -0.4 is 14.8 Å². The predicted molar refractivity (Wildman–Crippen MR) is 98.5 cm³/mol. The lowest BCUT2D eigenvalue weighted by Gasteiger charge is -2.14. The van der Waals surface area contributed by atoms with Gasteiger partial charge < -0.3 is 14.8 Å². The number of carbonyl (C=O) groups excluding carboxylic acids is 1. The fourth-order valence-electron chi connectivity index (χ4n) is 2.27. The molecule has 0 spiro atoms. The number of hydrogen-bond donors (Lipinski definition) is 1. The number of thioether (sulfide) groups is 1. The van der Waals surface area contributed by atoms with Crippen molar-refractivity contribution in [2.45, 2.75) is 24.5 Å². The van der Waals surface area contributed by atoms with E-state index in [0.29, 0.717) is 12.3 Å². The molecule has 0 saturated carbocycles. The number of methoxy groups -OCH3 is 2. The van der Waals surface area contributed by atoms with Gasteiger partial charge in [0.05, 0.1) is 19.5 Å². The number of hydrogen-bond acceptors (Lipinski definition) is 4. The molecule has 0 bridgehead atoms. The second-order valence-electron chi connectivity index (χ2n) is 5.45. The Morgan fingerprint density at radius 3 is 2.56 bits per heavy atom. The van der Waals surface area contributed by atoms with Crippen molar-refractivity contribution >= 4 is 17.7 Å². The molecule has 4 nitrogen and oxygen atoms in total. The van der Waals surface area contributed by atoms with Crippen LogP contribution in [0.2, 0.25) is 0 Å². The van der Waals surface area contributed by atoms with Crippen LogP contribution in [0.3, 0.4) is 0 Å². The van der Waals surface area contributed by atoms with Gasteiger partial charge in [0, 0.05) is 17.9 Å². The minimum atomic E-state index is -0.395. The van der Waals surface area contributed by atoms with Gasteiger partial charge in [0.15, 0.2) is 11.6 Å². The van der Waals surface area contributed by atoms with Crippen molar-refractivity contribution in [3.05, 3.63) is 59.4 Å². The van der Waals surface area contributed by atoms with Crippen LogP contribution in [0.25, 0.3) is 0 Å². The molecule has 0 radical (unpaired) electrons. The second kappa shape index (κ2) is 9.32. The lowest BCUT2D eigenvalue weighted by atomic mass is 10.2. The molecule has 1 N–H and O–H groups in total. The zero-order valence-electron chi connectivity index (χ0n) is 14.5. The Hall–Kier alpha value is -2.21. The fourth-order valence-corrected chi connectivity index (χ4v) is 3.13. The summed E-state index contributed by atoms with van der Waals surface area (Å²) in [6, 6.07) is 12.4. The number of amides is 1. The van der Waals surface area contributed by atoms with Crippen LogP contribution >= 0.6 is 11.8 Å². The predicted octanol–water partition coefficient (Wildman–Crippen LogP) is 3.78. The van der Waals surface area contributed by atoms with Crippen LogP contribution in [-0.2, 0) is 17.1 Å². The molecule has 0 aromatic heterocycles. The molecule has 0 aliphatic rings. The molecule has 1 amide bonds. The standard InChI is InChI=1S/C19H22FNO3S/c1-13(25-12-14-8-9-18(24-3)16(20)10-14)19(22)21-11-15-6-4-5-7-17(15)23-2/h4-10,13H,11-12H2,1-3H3,(H,21,22)/t13-/m1/s1. The maximum absolute atomic E-state index is 13.7. The normalized spacial score (nSPS) is 11.7. The lowest BCUT2D eigenvalue weighted by Crippen LogP contribution is -2.30. The van der Waals surface area contributed by atoms with Gasteiger partial charge in [-0.25, -0.2) is 4.39 Å². The van der Waals surface area contributed by atoms with E-state index in [1.54, 1.807) is 19.2 Å². The molecule has 25 heavy (non-hydrogen) atoms. The molecule has 0 aliphatic carbocycles. The summed E-state index contributed by atoms with van der Waals surface area (Å²) in [5.74, 6) is 1.05. The highest BCUT2D eigenvalue weighted by atomic mass is 32.2. The summed E-state index contributed by atoms with van der Waals surface area (Å²) < 4.78 is 23.9. The van der Waals surface area contributed by atoms with Gasteiger partial charge in [-0.2, -0.15) is 0 Å². The van der Waals surface area contributed by atoms with Gasteiger partial charge in [-0.15, -0.1) is 11.8 Å². The number of nitrogens with one attached hydrogen (secondary N) is 1. The number of benzene rings is 2. The van der Waals surface area contributed by atoms with Gasteiger partial charge >= 0.3 is 0 Å². The largest absolute Gasteiger partial charge is 0.496 e. The van der Waals surface area contributed by atoms with Crippen LogP contribution in [0.1, 0.15) is 18.1 Å². The van der Waals surface area contributed by atoms with Gasteiger partial charge in [-0.1, -0.05) is 24.3 Å². The molecule has 0 saturated heterocycles. The molecule has 6 heteroatoms. The maximum atomic E-state index is 13.7. The van der Waals surface area contributed by atoms with E-state index in [0.717, 1.165) is 16.9 Å². The summed E-state index contributed by atoms with van der Waals surface area (Å²) >= 11 is 1.45. The third-order valence-corrected chi connectivity index (χ3v) is 4.95. The molecule has 0 aliphatic heterocycles. The van der Waals surface area contributed by atoms with Gasteiger partial charge in [-0.05, 0) is 30.7 Å². The second-order valence-corrected chi connectivity index (χ2v) is 6.78. The average molecular weight is 363 g/mol. The summed E-state index contributed by atoms with van der Waals surface area (Å²) in [6.07, 6.45) is 0. The summed E-state index contributed by atoms with van der Waals surface area (Å²) in [5, 5.41) is 2.66. The lowest BCUT2D eigenvalue weighted by molar-refractivity contribution is -0.120. The number of rotatable bonds is 8. The van der Waals surface area contributed by atoms with E-state index in [-0.39, 0.29) is 16.9 Å². The van der Waals surface area contributed by atoms with Gasteiger partial charge in [0.2, 0.25) is 5.91 Å². The van der Waals surface area contributed by atoms with Crippen LogP contribution in [0.4, 0.5) is 4.39 Å². The third-order valence-electron chi connectivity index (χ3n) is 3.73. The van der Waals surface area contributed by atoms with Crippen molar-refractivity contribution in [1.82, 2.24) is 5.32 Å². The smallest absolute Gasteiger partial charge is 0.233 e. The summed E-state index contributed by atoms with van der Waals surface area (Å²) in [5.41, 5.74) is 1.74. The first kappa shape index (κ1) is 19.1. The van der Waals surface area contributed by atoms with Crippen molar-refractivity contribution in [3.63, 3.8) is 0 Å². The van der Waals surface area contributed by atoms with Gasteiger partial charge in [0.25, 0.3) is 0 Å². The number of para-hydroxylation sites is 1. The molecule has 0 heterocycles. The van der Waals surface area contributed by atoms with Crippen molar-refractivity contribution in [2.24, 2.45) is 0 Å². The molecular weight excluding hydrogens is 341 g/mol. The first-order valence-corrected chi connectivity index (χ1v) is 8.93. The Bertz CT molecular complexity index is 724. The number of halogens is 1. The monoisotopic (exact) mass is 363 g/mol. The quantitative estimate of drug-likeness (QED) is 0.775. The maximum Gasteiger partial charge on any atom is 0.233 e. The van der Waals surface area contributed by atoms with Crippen molar-refractivity contribution < 1.29 is 18.7 Å². The molecule has 2 aromatic carbocycles. The molecule has 2 rings (SSSR count). The van der Waals surface area contributed by atoms with Crippen molar-refractivity contribution in [3.8, 4) is 11.5 Å². The van der Waals surface area contributed by atoms with Crippen LogP contribution in [0.15, 0.2) is 42.5 Å². The van der Waals surface area contributed by atoms with Crippen molar-refractivity contribution in [2.75, 3.05) is 14.2 Å². The van der Waals surface area contributed by atoms with Crippen molar-refractivity contribution in [1.29, 1.82) is 0 Å². The van der Waals surface area contributed by atoms with Crippen LogP contribution in [-0.4, -0.2) is 25.4 Å². The number of ether oxygens (including phenoxy) is 2. The molecule has 2 aromatic rings. The molecule has 134 valence electrons. The zero-order chi connectivity index (χ0) is 18.2. The number of carbonyl (C=O) groups is 1. The summed E-state index contributed by atoms with van der Waals surface area (Å²) in [6.45, 7) is 2.24. The fraction of sp³-hybridized carbons (Fsp3) is 0.316. The average Bonchev–Trinajstić information content (AvgIpc) is 2.64. The SMILES string of the molecule is COc1ccc(CS[C@H](C)C(=O)NCc2ccccc2OC)cc1F. The highest BCUT2D eigenvalue weighted by molar-refractivity contribution is 7.99. The van der Waals surface area contributed by atoms with Crippen LogP contribution in [0.5, 0.6) is 11.5 Å². The Balaban J connectivity index is 1.85. The first-order valence-electron chi connectivity index (χ1n) is 7.88. The van der Waals surface area contributed by atoms with E-state index in [1.807, 2.05) is 31.2 Å². The zero-order valence-corrected chi connectivity index (χ0v) is 15.4. The van der Waals surface area contributed by atoms with Gasteiger partial charge in [-0.3, -0.25) is 4.79 Å². The highest BCUT2D eigenvalue weighted by Gasteiger charge is 2.14. The Morgan fingerprint density at radius 1 is 1.16 bits per heavy atom. The van der Waals surface area contributed by atoms with E-state index in [2.05, 4.69) is 5.32 Å². The minimum Gasteiger partial charge on any atom is -0.496 e. The first-order chi connectivity index (χ1) is 12.0. The molecule has 0 fully saturated rings.